The second kappa shape index (κ2) is 9.46. The van der Waals surface area contributed by atoms with Crippen molar-refractivity contribution in [3.05, 3.63) is 92.5 Å². The van der Waals surface area contributed by atoms with Crippen molar-refractivity contribution in [2.24, 2.45) is 0 Å². The molecule has 1 aromatic heterocycles. The molecule has 0 aliphatic rings. The van der Waals surface area contributed by atoms with Crippen LogP contribution in [0.5, 0.6) is 5.75 Å². The highest BCUT2D eigenvalue weighted by Gasteiger charge is 2.17. The van der Waals surface area contributed by atoms with E-state index in [1.165, 1.54) is 12.1 Å². The van der Waals surface area contributed by atoms with Gasteiger partial charge in [-0.1, -0.05) is 53.3 Å². The third-order valence-electron chi connectivity index (χ3n) is 4.91. The van der Waals surface area contributed by atoms with Gasteiger partial charge in [-0.3, -0.25) is 9.36 Å². The van der Waals surface area contributed by atoms with Crippen molar-refractivity contribution in [1.82, 2.24) is 9.29 Å². The summed E-state index contributed by atoms with van der Waals surface area (Å²) in [4.78, 5) is 12.5. The Labute approximate surface area is 195 Å². The summed E-state index contributed by atoms with van der Waals surface area (Å²) in [6.07, 6.45) is 0. The molecular formula is C23H21ClN2O4S2. The molecule has 32 heavy (non-hydrogen) atoms. The van der Waals surface area contributed by atoms with Gasteiger partial charge in [0.25, 0.3) is 0 Å². The van der Waals surface area contributed by atoms with E-state index >= 15 is 0 Å². The first-order chi connectivity index (χ1) is 15.4. The molecule has 0 fully saturated rings. The number of halogens is 1. The van der Waals surface area contributed by atoms with E-state index in [1.807, 2.05) is 43.3 Å². The largest absolute Gasteiger partial charge is 0.494 e. The first-order valence-corrected chi connectivity index (χ1v) is 12.6. The number of hydrogen-bond donors (Lipinski definition) is 1. The molecule has 0 aliphatic carbocycles. The first kappa shape index (κ1) is 22.5. The van der Waals surface area contributed by atoms with E-state index in [4.69, 9.17) is 16.3 Å². The third kappa shape index (κ3) is 4.88. The molecule has 166 valence electrons. The van der Waals surface area contributed by atoms with Crippen molar-refractivity contribution in [3.8, 4) is 5.75 Å². The van der Waals surface area contributed by atoms with Gasteiger partial charge in [0.2, 0.25) is 10.0 Å². The van der Waals surface area contributed by atoms with Crippen LogP contribution in [0.4, 0.5) is 0 Å². The third-order valence-corrected chi connectivity index (χ3v) is 7.62. The predicted molar refractivity (Wildman–Crippen MR) is 128 cm³/mol. The van der Waals surface area contributed by atoms with E-state index in [9.17, 15) is 13.2 Å². The molecule has 6 nitrogen and oxygen atoms in total. The Balaban J connectivity index is 1.57. The Bertz CT molecular complexity index is 1430. The minimum atomic E-state index is -3.76. The number of hydrogen-bond acceptors (Lipinski definition) is 5. The van der Waals surface area contributed by atoms with Gasteiger partial charge in [0, 0.05) is 11.6 Å². The highest BCUT2D eigenvalue weighted by molar-refractivity contribution is 7.89. The van der Waals surface area contributed by atoms with Gasteiger partial charge >= 0.3 is 4.87 Å². The van der Waals surface area contributed by atoms with Crippen LogP contribution in [0.15, 0.2) is 76.4 Å². The van der Waals surface area contributed by atoms with Gasteiger partial charge in [0.15, 0.2) is 0 Å². The average molecular weight is 489 g/mol. The number of sulfonamides is 1. The van der Waals surface area contributed by atoms with E-state index in [0.717, 1.165) is 22.5 Å². The lowest BCUT2D eigenvalue weighted by molar-refractivity contribution is 0.340. The highest BCUT2D eigenvalue weighted by Crippen LogP contribution is 2.24. The van der Waals surface area contributed by atoms with Crippen molar-refractivity contribution >= 4 is 43.2 Å². The molecule has 1 heterocycles. The fourth-order valence-electron chi connectivity index (χ4n) is 3.33. The molecule has 4 aromatic rings. The van der Waals surface area contributed by atoms with Gasteiger partial charge in [0.1, 0.15) is 5.75 Å². The van der Waals surface area contributed by atoms with Gasteiger partial charge in [-0.15, -0.1) is 0 Å². The summed E-state index contributed by atoms with van der Waals surface area (Å²) in [6, 6.07) is 19.3. The minimum absolute atomic E-state index is 0.108. The summed E-state index contributed by atoms with van der Waals surface area (Å²) >= 11 is 7.25. The van der Waals surface area contributed by atoms with Crippen LogP contribution in [-0.4, -0.2) is 19.6 Å². The molecule has 0 aliphatic heterocycles. The highest BCUT2D eigenvalue weighted by atomic mass is 35.5. The average Bonchev–Trinajstić information content (AvgIpc) is 3.09. The first-order valence-electron chi connectivity index (χ1n) is 9.95. The molecular weight excluding hydrogens is 468 g/mol. The van der Waals surface area contributed by atoms with E-state index in [1.54, 1.807) is 22.8 Å². The smallest absolute Gasteiger partial charge is 0.308 e. The molecule has 3 aromatic carbocycles. The van der Waals surface area contributed by atoms with E-state index in [0.29, 0.717) is 34.1 Å². The summed E-state index contributed by atoms with van der Waals surface area (Å²) < 4.78 is 36.0. The number of thiazole rings is 1. The summed E-state index contributed by atoms with van der Waals surface area (Å²) in [5.74, 6) is 0.690. The van der Waals surface area contributed by atoms with Gasteiger partial charge in [-0.2, -0.15) is 0 Å². The number of fused-ring (bicyclic) bond motifs is 1. The molecule has 0 amide bonds. The monoisotopic (exact) mass is 488 g/mol. The molecule has 1 N–H and O–H groups in total. The topological polar surface area (TPSA) is 77.4 Å². The van der Waals surface area contributed by atoms with E-state index < -0.39 is 10.0 Å². The second-order valence-corrected chi connectivity index (χ2v) is 10.2. The predicted octanol–water partition coefficient (Wildman–Crippen LogP) is 4.64. The van der Waals surface area contributed by atoms with Crippen molar-refractivity contribution < 1.29 is 13.2 Å². The number of ether oxygens (including phenoxy) is 1. The molecule has 0 bridgehead atoms. The Kier molecular flexibility index (Phi) is 6.66. The molecule has 4 rings (SSSR count). The van der Waals surface area contributed by atoms with Crippen LogP contribution in [-0.2, 0) is 23.1 Å². The fourth-order valence-corrected chi connectivity index (χ4v) is 5.58. The Morgan fingerprint density at radius 2 is 1.88 bits per heavy atom. The SMILES string of the molecule is CCOc1cccc(CNS(=O)(=O)c2ccc3c(c2)sc(=O)n3Cc2ccccc2Cl)c1. The maximum absolute atomic E-state index is 12.8. The summed E-state index contributed by atoms with van der Waals surface area (Å²) in [6.45, 7) is 2.87. The van der Waals surface area contributed by atoms with Gasteiger partial charge in [-0.05, 0) is 54.4 Å². The van der Waals surface area contributed by atoms with Crippen LogP contribution in [0.25, 0.3) is 10.2 Å². The zero-order valence-electron chi connectivity index (χ0n) is 17.2. The molecule has 0 saturated heterocycles. The van der Waals surface area contributed by atoms with Crippen LogP contribution >= 0.6 is 22.9 Å². The Hall–Kier alpha value is -2.65. The number of aromatic nitrogens is 1. The normalized spacial score (nSPS) is 11.7. The maximum atomic E-state index is 12.8. The summed E-state index contributed by atoms with van der Waals surface area (Å²) in [5.41, 5.74) is 2.28. The van der Waals surface area contributed by atoms with Gasteiger partial charge in [0.05, 0.1) is 28.3 Å². The molecule has 0 saturated carbocycles. The summed E-state index contributed by atoms with van der Waals surface area (Å²) in [7, 11) is -3.76. The minimum Gasteiger partial charge on any atom is -0.494 e. The van der Waals surface area contributed by atoms with Gasteiger partial charge in [-0.25, -0.2) is 13.1 Å². The van der Waals surface area contributed by atoms with Crippen molar-refractivity contribution in [1.29, 1.82) is 0 Å². The Morgan fingerprint density at radius 1 is 1.06 bits per heavy atom. The van der Waals surface area contributed by atoms with Crippen LogP contribution < -0.4 is 14.3 Å². The summed E-state index contributed by atoms with van der Waals surface area (Å²) in [5, 5.41) is 0.579. The zero-order valence-corrected chi connectivity index (χ0v) is 19.6. The number of nitrogens with zero attached hydrogens (tertiary/aromatic N) is 1. The molecule has 0 spiro atoms. The quantitative estimate of drug-likeness (QED) is 0.392. The van der Waals surface area contributed by atoms with Crippen molar-refractivity contribution in [2.45, 2.75) is 24.9 Å². The fraction of sp³-hybridized carbons (Fsp3) is 0.174. The van der Waals surface area contributed by atoms with E-state index in [2.05, 4.69) is 4.72 Å². The molecule has 0 radical (unpaired) electrons. The van der Waals surface area contributed by atoms with Crippen molar-refractivity contribution in [2.75, 3.05) is 6.61 Å². The standard InChI is InChI=1S/C23H21ClN2O4S2/c1-2-30-18-8-5-6-16(12-18)14-25-32(28,29)19-10-11-21-22(13-19)31-23(27)26(21)15-17-7-3-4-9-20(17)24/h3-13,25H,2,14-15H2,1H3. The Morgan fingerprint density at radius 3 is 2.66 bits per heavy atom. The van der Waals surface area contributed by atoms with Crippen LogP contribution in [0.1, 0.15) is 18.1 Å². The lowest BCUT2D eigenvalue weighted by Gasteiger charge is -2.09. The lowest BCUT2D eigenvalue weighted by Crippen LogP contribution is -2.23. The molecule has 0 atom stereocenters. The van der Waals surface area contributed by atoms with Crippen LogP contribution in [0.3, 0.4) is 0 Å². The van der Waals surface area contributed by atoms with Crippen LogP contribution in [0, 0.1) is 0 Å². The zero-order chi connectivity index (χ0) is 22.7. The molecule has 0 unspecified atom stereocenters. The second-order valence-electron chi connectivity index (χ2n) is 7.08. The lowest BCUT2D eigenvalue weighted by atomic mass is 10.2. The van der Waals surface area contributed by atoms with Crippen LogP contribution in [0.2, 0.25) is 5.02 Å². The number of rotatable bonds is 8. The maximum Gasteiger partial charge on any atom is 0.308 e. The van der Waals surface area contributed by atoms with Gasteiger partial charge < -0.3 is 4.74 Å². The molecule has 9 heteroatoms. The number of nitrogens with one attached hydrogen (secondary N) is 1. The van der Waals surface area contributed by atoms with Crippen molar-refractivity contribution in [3.63, 3.8) is 0 Å². The van der Waals surface area contributed by atoms with E-state index in [-0.39, 0.29) is 16.3 Å². The number of benzene rings is 3.